The lowest BCUT2D eigenvalue weighted by Crippen LogP contribution is -2.06. The van der Waals surface area contributed by atoms with Crippen LogP contribution in [-0.4, -0.2) is 16.1 Å². The molecule has 2 N–H and O–H groups in total. The summed E-state index contributed by atoms with van der Waals surface area (Å²) in [5.41, 5.74) is 2.34. The molecule has 100 valence electrons. The van der Waals surface area contributed by atoms with Crippen molar-refractivity contribution in [2.24, 2.45) is 0 Å². The van der Waals surface area contributed by atoms with E-state index in [1.54, 1.807) is 18.2 Å². The predicted molar refractivity (Wildman–Crippen MR) is 78.0 cm³/mol. The van der Waals surface area contributed by atoms with E-state index < -0.39 is 5.97 Å². The van der Waals surface area contributed by atoms with Crippen molar-refractivity contribution in [3.8, 4) is 0 Å². The standard InChI is InChI=1S/C16H13NO3/c18-14(19)9-8-10-4-3-6-12-15(10)17-13-7-2-1-5-11(13)16(12)20/h1-7H,8-9H2,(H,17,20)(H,18,19). The van der Waals surface area contributed by atoms with Gasteiger partial charge in [0.15, 0.2) is 5.43 Å². The van der Waals surface area contributed by atoms with E-state index in [1.165, 1.54) is 0 Å². The number of carbonyl (C=O) groups is 1. The first-order chi connectivity index (χ1) is 9.66. The van der Waals surface area contributed by atoms with Gasteiger partial charge < -0.3 is 10.1 Å². The Hall–Kier alpha value is -2.62. The van der Waals surface area contributed by atoms with Gasteiger partial charge >= 0.3 is 5.97 Å². The largest absolute Gasteiger partial charge is 0.481 e. The van der Waals surface area contributed by atoms with Crippen LogP contribution in [0.2, 0.25) is 0 Å². The van der Waals surface area contributed by atoms with Crippen LogP contribution in [0, 0.1) is 0 Å². The molecule has 1 aromatic heterocycles. The Kier molecular flexibility index (Phi) is 2.99. The van der Waals surface area contributed by atoms with E-state index in [-0.39, 0.29) is 11.8 Å². The second-order valence-corrected chi connectivity index (χ2v) is 4.73. The summed E-state index contributed by atoms with van der Waals surface area (Å²) < 4.78 is 0. The molecule has 0 bridgehead atoms. The number of nitrogens with one attached hydrogen (secondary N) is 1. The van der Waals surface area contributed by atoms with E-state index in [2.05, 4.69) is 4.98 Å². The quantitative estimate of drug-likeness (QED) is 0.717. The van der Waals surface area contributed by atoms with Gasteiger partial charge in [-0.15, -0.1) is 0 Å². The molecule has 0 aliphatic carbocycles. The molecule has 0 aliphatic heterocycles. The fourth-order valence-corrected chi connectivity index (χ4v) is 2.46. The van der Waals surface area contributed by atoms with E-state index in [4.69, 9.17) is 5.11 Å². The molecule has 0 radical (unpaired) electrons. The lowest BCUT2D eigenvalue weighted by Gasteiger charge is -2.07. The van der Waals surface area contributed by atoms with Gasteiger partial charge in [-0.05, 0) is 30.2 Å². The number of para-hydroxylation sites is 2. The summed E-state index contributed by atoms with van der Waals surface area (Å²) in [6.07, 6.45) is 0.453. The van der Waals surface area contributed by atoms with Gasteiger partial charge in [-0.25, -0.2) is 0 Å². The zero-order valence-electron chi connectivity index (χ0n) is 10.7. The molecule has 20 heavy (non-hydrogen) atoms. The lowest BCUT2D eigenvalue weighted by molar-refractivity contribution is -0.136. The van der Waals surface area contributed by atoms with Crippen LogP contribution in [0.3, 0.4) is 0 Å². The number of hydrogen-bond donors (Lipinski definition) is 2. The highest BCUT2D eigenvalue weighted by molar-refractivity contribution is 5.93. The van der Waals surface area contributed by atoms with Gasteiger partial charge in [0.05, 0.1) is 5.52 Å². The molecule has 0 spiro atoms. The minimum atomic E-state index is -0.842. The van der Waals surface area contributed by atoms with Crippen LogP contribution in [0.15, 0.2) is 47.3 Å². The molecule has 1 heterocycles. The zero-order valence-corrected chi connectivity index (χ0v) is 10.7. The first-order valence-electron chi connectivity index (χ1n) is 6.41. The van der Waals surface area contributed by atoms with E-state index in [1.807, 2.05) is 24.3 Å². The molecule has 3 aromatic rings. The van der Waals surface area contributed by atoms with Crippen LogP contribution in [0.4, 0.5) is 0 Å². The fraction of sp³-hybridized carbons (Fsp3) is 0.125. The number of benzene rings is 2. The number of fused-ring (bicyclic) bond motifs is 2. The van der Waals surface area contributed by atoms with E-state index in [9.17, 15) is 9.59 Å². The fourth-order valence-electron chi connectivity index (χ4n) is 2.46. The first-order valence-corrected chi connectivity index (χ1v) is 6.41. The molecule has 0 atom stereocenters. The number of hydrogen-bond acceptors (Lipinski definition) is 2. The van der Waals surface area contributed by atoms with Crippen molar-refractivity contribution in [2.75, 3.05) is 0 Å². The third-order valence-corrected chi connectivity index (χ3v) is 3.43. The zero-order chi connectivity index (χ0) is 14.1. The minimum Gasteiger partial charge on any atom is -0.481 e. The third kappa shape index (κ3) is 2.05. The number of carboxylic acids is 1. The third-order valence-electron chi connectivity index (χ3n) is 3.43. The Balaban J connectivity index is 2.28. The van der Waals surface area contributed by atoms with Gasteiger partial charge in [0, 0.05) is 22.7 Å². The summed E-state index contributed by atoms with van der Waals surface area (Å²) >= 11 is 0. The molecule has 3 rings (SSSR count). The minimum absolute atomic E-state index is 0.0217. The summed E-state index contributed by atoms with van der Waals surface area (Å²) in [5.74, 6) is -0.842. The Labute approximate surface area is 114 Å². The molecule has 0 saturated carbocycles. The highest BCUT2D eigenvalue weighted by atomic mass is 16.4. The SMILES string of the molecule is O=C(O)CCc1cccc2c(=O)c3ccccc3[nH]c12. The number of aryl methyl sites for hydroxylation is 1. The van der Waals surface area contributed by atoms with Crippen LogP contribution in [-0.2, 0) is 11.2 Å². The maximum atomic E-state index is 12.4. The van der Waals surface area contributed by atoms with Gasteiger partial charge in [-0.1, -0.05) is 24.3 Å². The monoisotopic (exact) mass is 267 g/mol. The van der Waals surface area contributed by atoms with Crippen molar-refractivity contribution in [1.82, 2.24) is 4.98 Å². The maximum absolute atomic E-state index is 12.4. The van der Waals surface area contributed by atoms with Crippen molar-refractivity contribution in [1.29, 1.82) is 0 Å². The number of carboxylic acid groups (broad SMARTS) is 1. The van der Waals surface area contributed by atoms with Crippen molar-refractivity contribution < 1.29 is 9.90 Å². The molecule has 0 saturated heterocycles. The first kappa shape index (κ1) is 12.4. The molecular weight excluding hydrogens is 254 g/mol. The second-order valence-electron chi connectivity index (χ2n) is 4.73. The maximum Gasteiger partial charge on any atom is 0.303 e. The van der Waals surface area contributed by atoms with E-state index >= 15 is 0 Å². The smallest absolute Gasteiger partial charge is 0.303 e. The number of aromatic amines is 1. The van der Waals surface area contributed by atoms with Crippen molar-refractivity contribution in [3.05, 3.63) is 58.3 Å². The normalized spacial score (nSPS) is 11.0. The summed E-state index contributed by atoms with van der Waals surface area (Å²) in [6.45, 7) is 0. The summed E-state index contributed by atoms with van der Waals surface area (Å²) in [5, 5.41) is 10.1. The molecular formula is C16H13NO3. The van der Waals surface area contributed by atoms with Crippen LogP contribution < -0.4 is 5.43 Å². The molecule has 0 fully saturated rings. The Bertz CT molecular complexity index is 864. The van der Waals surface area contributed by atoms with Gasteiger partial charge in [-0.3, -0.25) is 9.59 Å². The molecule has 4 nitrogen and oxygen atoms in total. The molecule has 0 aliphatic rings. The number of aromatic nitrogens is 1. The topological polar surface area (TPSA) is 70.2 Å². The van der Waals surface area contributed by atoms with Crippen LogP contribution in [0.5, 0.6) is 0 Å². The summed E-state index contributed by atoms with van der Waals surface area (Å²) in [4.78, 5) is 26.4. The Morgan fingerprint density at radius 3 is 2.60 bits per heavy atom. The van der Waals surface area contributed by atoms with Gasteiger partial charge in [0.1, 0.15) is 0 Å². The second kappa shape index (κ2) is 4.81. The van der Waals surface area contributed by atoms with Crippen LogP contribution in [0.1, 0.15) is 12.0 Å². The van der Waals surface area contributed by atoms with Gasteiger partial charge in [0.2, 0.25) is 0 Å². The molecule has 0 amide bonds. The lowest BCUT2D eigenvalue weighted by atomic mass is 10.0. The number of rotatable bonds is 3. The van der Waals surface area contributed by atoms with Crippen molar-refractivity contribution >= 4 is 27.8 Å². The molecule has 0 unspecified atom stereocenters. The summed E-state index contributed by atoms with van der Waals surface area (Å²) in [7, 11) is 0. The van der Waals surface area contributed by atoms with Gasteiger partial charge in [-0.2, -0.15) is 0 Å². The van der Waals surface area contributed by atoms with Crippen LogP contribution >= 0.6 is 0 Å². The van der Waals surface area contributed by atoms with Crippen molar-refractivity contribution in [2.45, 2.75) is 12.8 Å². The highest BCUT2D eigenvalue weighted by Crippen LogP contribution is 2.19. The number of aliphatic carboxylic acids is 1. The predicted octanol–water partition coefficient (Wildman–Crippen LogP) is 2.70. The molecule has 2 aromatic carbocycles. The van der Waals surface area contributed by atoms with E-state index in [0.29, 0.717) is 17.2 Å². The molecule has 4 heteroatoms. The van der Waals surface area contributed by atoms with E-state index in [0.717, 1.165) is 16.6 Å². The van der Waals surface area contributed by atoms with Gasteiger partial charge in [0.25, 0.3) is 0 Å². The van der Waals surface area contributed by atoms with Crippen molar-refractivity contribution in [3.63, 3.8) is 0 Å². The average molecular weight is 267 g/mol. The average Bonchev–Trinajstić information content (AvgIpc) is 2.45. The number of H-pyrrole nitrogens is 1. The Morgan fingerprint density at radius 1 is 1.05 bits per heavy atom. The highest BCUT2D eigenvalue weighted by Gasteiger charge is 2.09. The Morgan fingerprint density at radius 2 is 1.80 bits per heavy atom. The van der Waals surface area contributed by atoms with Crippen LogP contribution in [0.25, 0.3) is 21.8 Å². The summed E-state index contributed by atoms with van der Waals surface area (Å²) in [6, 6.07) is 12.8. The number of pyridine rings is 1.